The third-order valence-electron chi connectivity index (χ3n) is 9.46. The molecule has 0 unspecified atom stereocenters. The van der Waals surface area contributed by atoms with Crippen LogP contribution in [0.1, 0.15) is 50.8 Å². The SMILES string of the molecule is C=C1CC[C@H]2[C@H](CN)[C@@H]([C@@]3(C)Cc4cn(-c5cccnc5)nc4C[C@@H]3CO)CC[C@]12C. The van der Waals surface area contributed by atoms with E-state index in [1.165, 1.54) is 30.4 Å². The van der Waals surface area contributed by atoms with Crippen LogP contribution in [0, 0.1) is 34.5 Å². The molecular formula is C26H36N4O. The zero-order valence-corrected chi connectivity index (χ0v) is 18.9. The van der Waals surface area contributed by atoms with Gasteiger partial charge in [0.1, 0.15) is 0 Å². The van der Waals surface area contributed by atoms with Crippen molar-refractivity contribution >= 4 is 0 Å². The van der Waals surface area contributed by atoms with Crippen LogP contribution >= 0.6 is 0 Å². The van der Waals surface area contributed by atoms with Crippen molar-refractivity contribution in [3.63, 3.8) is 0 Å². The van der Waals surface area contributed by atoms with Crippen LogP contribution in [-0.4, -0.2) is 33.0 Å². The maximum Gasteiger partial charge on any atom is 0.0828 e. The summed E-state index contributed by atoms with van der Waals surface area (Å²) in [5, 5.41) is 15.3. The zero-order valence-electron chi connectivity index (χ0n) is 18.9. The second-order valence-electron chi connectivity index (χ2n) is 10.7. The highest BCUT2D eigenvalue weighted by Crippen LogP contribution is 2.62. The quantitative estimate of drug-likeness (QED) is 0.735. The maximum atomic E-state index is 10.5. The van der Waals surface area contributed by atoms with E-state index in [9.17, 15) is 5.11 Å². The number of allylic oxidation sites excluding steroid dienone is 1. The van der Waals surface area contributed by atoms with E-state index in [0.29, 0.717) is 17.8 Å². The molecule has 0 aromatic carbocycles. The average molecular weight is 421 g/mol. The molecule has 2 saturated carbocycles. The molecule has 3 aliphatic carbocycles. The Balaban J connectivity index is 1.49. The minimum atomic E-state index is 0.0276. The minimum Gasteiger partial charge on any atom is -0.396 e. The summed E-state index contributed by atoms with van der Waals surface area (Å²) in [6, 6.07) is 3.98. The third-order valence-corrected chi connectivity index (χ3v) is 9.46. The molecule has 0 spiro atoms. The van der Waals surface area contributed by atoms with Crippen LogP contribution in [0.25, 0.3) is 5.69 Å². The minimum absolute atomic E-state index is 0.0276. The molecule has 0 radical (unpaired) electrons. The molecule has 6 atom stereocenters. The molecule has 2 aromatic rings. The fraction of sp³-hybridized carbons (Fsp3) is 0.615. The predicted molar refractivity (Wildman–Crippen MR) is 123 cm³/mol. The lowest BCUT2D eigenvalue weighted by atomic mass is 9.49. The van der Waals surface area contributed by atoms with Gasteiger partial charge in [-0.2, -0.15) is 5.10 Å². The monoisotopic (exact) mass is 420 g/mol. The maximum absolute atomic E-state index is 10.5. The number of aliphatic hydroxyl groups is 1. The zero-order chi connectivity index (χ0) is 21.8. The van der Waals surface area contributed by atoms with Crippen LogP contribution in [0.5, 0.6) is 0 Å². The van der Waals surface area contributed by atoms with Gasteiger partial charge >= 0.3 is 0 Å². The van der Waals surface area contributed by atoms with Crippen molar-refractivity contribution in [3.05, 3.63) is 54.1 Å². The molecule has 5 heteroatoms. The van der Waals surface area contributed by atoms with Gasteiger partial charge < -0.3 is 10.8 Å². The molecular weight excluding hydrogens is 384 g/mol. The lowest BCUT2D eigenvalue weighted by molar-refractivity contribution is -0.0536. The second-order valence-corrected chi connectivity index (χ2v) is 10.7. The van der Waals surface area contributed by atoms with Crippen LogP contribution in [0.15, 0.2) is 42.9 Å². The highest BCUT2D eigenvalue weighted by atomic mass is 16.3. The van der Waals surface area contributed by atoms with Gasteiger partial charge in [-0.25, -0.2) is 4.68 Å². The number of nitrogens with two attached hydrogens (primary N) is 1. The molecule has 166 valence electrons. The van der Waals surface area contributed by atoms with Crippen molar-refractivity contribution in [2.75, 3.05) is 13.2 Å². The van der Waals surface area contributed by atoms with E-state index in [1.807, 2.05) is 23.0 Å². The third kappa shape index (κ3) is 3.12. The first-order valence-electron chi connectivity index (χ1n) is 11.9. The number of fused-ring (bicyclic) bond motifs is 2. The van der Waals surface area contributed by atoms with E-state index in [2.05, 4.69) is 31.6 Å². The molecule has 0 amide bonds. The van der Waals surface area contributed by atoms with Gasteiger partial charge in [-0.3, -0.25) is 4.98 Å². The number of hydrogen-bond acceptors (Lipinski definition) is 4. The van der Waals surface area contributed by atoms with Crippen LogP contribution in [0.4, 0.5) is 0 Å². The van der Waals surface area contributed by atoms with Crippen LogP contribution in [0.3, 0.4) is 0 Å². The number of rotatable bonds is 4. The number of hydrogen-bond donors (Lipinski definition) is 2. The molecule has 5 nitrogen and oxygen atoms in total. The van der Waals surface area contributed by atoms with Gasteiger partial charge in [-0.05, 0) is 97.3 Å². The Morgan fingerprint density at radius 1 is 1.29 bits per heavy atom. The largest absolute Gasteiger partial charge is 0.396 e. The number of nitrogens with zero attached hydrogens (tertiary/aromatic N) is 3. The number of pyridine rings is 1. The first-order valence-corrected chi connectivity index (χ1v) is 11.9. The van der Waals surface area contributed by atoms with E-state index >= 15 is 0 Å². The van der Waals surface area contributed by atoms with Gasteiger partial charge in [-0.15, -0.1) is 0 Å². The Morgan fingerprint density at radius 2 is 2.13 bits per heavy atom. The second kappa shape index (κ2) is 7.56. The summed E-state index contributed by atoms with van der Waals surface area (Å²) in [6.07, 6.45) is 12.3. The molecule has 2 fully saturated rings. The molecule has 3 N–H and O–H groups in total. The van der Waals surface area contributed by atoms with Gasteiger partial charge in [0.15, 0.2) is 0 Å². The molecule has 0 bridgehead atoms. The van der Waals surface area contributed by atoms with Crippen molar-refractivity contribution < 1.29 is 5.11 Å². The average Bonchev–Trinajstić information content (AvgIpc) is 3.33. The number of aliphatic hydroxyl groups excluding tert-OH is 1. The molecule has 31 heavy (non-hydrogen) atoms. The summed E-state index contributed by atoms with van der Waals surface area (Å²) >= 11 is 0. The predicted octanol–water partition coefficient (Wildman–Crippen LogP) is 3.94. The van der Waals surface area contributed by atoms with Gasteiger partial charge in [0.05, 0.1) is 17.6 Å². The Hall–Kier alpha value is -1.98. The van der Waals surface area contributed by atoms with Gasteiger partial charge in [0.25, 0.3) is 0 Å². The molecule has 0 aliphatic heterocycles. The molecule has 5 rings (SSSR count). The van der Waals surface area contributed by atoms with Crippen LogP contribution in [0.2, 0.25) is 0 Å². The summed E-state index contributed by atoms with van der Waals surface area (Å²) in [7, 11) is 0. The van der Waals surface area contributed by atoms with E-state index in [0.717, 1.165) is 37.2 Å². The number of aromatic nitrogens is 3. The topological polar surface area (TPSA) is 77.0 Å². The van der Waals surface area contributed by atoms with Gasteiger partial charge in [0, 0.05) is 19.0 Å². The van der Waals surface area contributed by atoms with Gasteiger partial charge in [-0.1, -0.05) is 26.0 Å². The fourth-order valence-corrected chi connectivity index (χ4v) is 7.46. The molecule has 2 aromatic heterocycles. The van der Waals surface area contributed by atoms with E-state index < -0.39 is 0 Å². The van der Waals surface area contributed by atoms with Crippen LogP contribution in [-0.2, 0) is 12.8 Å². The van der Waals surface area contributed by atoms with E-state index in [-0.39, 0.29) is 23.4 Å². The normalized spacial score (nSPS) is 37.5. The summed E-state index contributed by atoms with van der Waals surface area (Å²) in [6.45, 7) is 10.2. The first kappa shape index (κ1) is 20.9. The molecule has 2 heterocycles. The van der Waals surface area contributed by atoms with Crippen LogP contribution < -0.4 is 5.73 Å². The van der Waals surface area contributed by atoms with Crippen molar-refractivity contribution in [2.45, 2.75) is 52.4 Å². The van der Waals surface area contributed by atoms with E-state index in [1.54, 1.807) is 6.20 Å². The molecule has 3 aliphatic rings. The standard InChI is InChI=1S/C26H36N4O/c1-17-6-7-22-21(13-27)23(8-9-25(17,22)2)26(3)12-18-15-30(20-5-4-10-28-14-20)29-24(18)11-19(26)16-31/h4-5,10,14-15,19,21-23,31H,1,6-9,11-13,16,27H2,2-3H3/t19-,21+,22+,23+,25-,26+/m1/s1. The van der Waals surface area contributed by atoms with Gasteiger partial charge in [0.2, 0.25) is 0 Å². The Bertz CT molecular complexity index is 969. The highest BCUT2D eigenvalue weighted by Gasteiger charge is 2.56. The fourth-order valence-electron chi connectivity index (χ4n) is 7.46. The summed E-state index contributed by atoms with van der Waals surface area (Å²) in [5.74, 6) is 1.85. The van der Waals surface area contributed by atoms with Crippen molar-refractivity contribution in [1.82, 2.24) is 14.8 Å². The van der Waals surface area contributed by atoms with Crippen molar-refractivity contribution in [3.8, 4) is 5.69 Å². The molecule has 0 saturated heterocycles. The van der Waals surface area contributed by atoms with Crippen molar-refractivity contribution in [2.24, 2.45) is 40.2 Å². The lowest BCUT2D eigenvalue weighted by Crippen LogP contribution is -2.53. The Labute approximate surface area is 185 Å². The summed E-state index contributed by atoms with van der Waals surface area (Å²) in [4.78, 5) is 4.24. The first-order chi connectivity index (χ1) is 14.9. The van der Waals surface area contributed by atoms with Crippen molar-refractivity contribution in [1.29, 1.82) is 0 Å². The Morgan fingerprint density at radius 3 is 2.84 bits per heavy atom. The Kier molecular flexibility index (Phi) is 5.10. The summed E-state index contributed by atoms with van der Waals surface area (Å²) in [5.41, 5.74) is 11.6. The summed E-state index contributed by atoms with van der Waals surface area (Å²) < 4.78 is 1.96. The highest BCUT2D eigenvalue weighted by molar-refractivity contribution is 5.33. The van der Waals surface area contributed by atoms with E-state index in [4.69, 9.17) is 10.8 Å². The smallest absolute Gasteiger partial charge is 0.0828 e. The lowest BCUT2D eigenvalue weighted by Gasteiger charge is -2.55.